The number of rotatable bonds is 4. The predicted octanol–water partition coefficient (Wildman–Crippen LogP) is 1.62. The Morgan fingerprint density at radius 2 is 2.29 bits per heavy atom. The van der Waals surface area contributed by atoms with Crippen molar-refractivity contribution in [3.8, 4) is 0 Å². The van der Waals surface area contributed by atoms with Gasteiger partial charge in [0.05, 0.1) is 6.54 Å². The van der Waals surface area contributed by atoms with Crippen molar-refractivity contribution in [3.63, 3.8) is 0 Å². The van der Waals surface area contributed by atoms with E-state index < -0.39 is 5.91 Å². The Morgan fingerprint density at radius 1 is 1.48 bits per heavy atom. The highest BCUT2D eigenvalue weighted by Gasteiger charge is 2.19. The summed E-state index contributed by atoms with van der Waals surface area (Å²) in [6, 6.07) is 3.79. The van der Waals surface area contributed by atoms with Crippen molar-refractivity contribution in [2.75, 3.05) is 7.05 Å². The van der Waals surface area contributed by atoms with Crippen molar-refractivity contribution in [1.29, 1.82) is 0 Å². The molecule has 1 amide bonds. The standard InChI is InChI=1S/C15H24N4O2/c1-10-4-3-5-11(8-10)19-15(17-2)18-9-12-6-7-13(21-12)14(16)20/h6-7,10-11H,3-5,8-9H2,1-2H3,(H2,16,20)(H2,17,18,19). The quantitative estimate of drug-likeness (QED) is 0.581. The number of hydrogen-bond acceptors (Lipinski definition) is 3. The number of nitrogens with zero attached hydrogens (tertiary/aromatic N) is 1. The predicted molar refractivity (Wildman–Crippen MR) is 82.0 cm³/mol. The maximum absolute atomic E-state index is 11.0. The largest absolute Gasteiger partial charge is 0.454 e. The van der Waals surface area contributed by atoms with Gasteiger partial charge in [0.15, 0.2) is 11.7 Å². The van der Waals surface area contributed by atoms with Crippen molar-refractivity contribution in [1.82, 2.24) is 10.6 Å². The molecule has 0 bridgehead atoms. The van der Waals surface area contributed by atoms with Gasteiger partial charge in [0.2, 0.25) is 0 Å². The number of nitrogens with two attached hydrogens (primary N) is 1. The molecule has 2 rings (SSSR count). The molecule has 2 unspecified atom stereocenters. The average Bonchev–Trinajstić information content (AvgIpc) is 2.92. The number of hydrogen-bond donors (Lipinski definition) is 3. The van der Waals surface area contributed by atoms with E-state index in [1.807, 2.05) is 0 Å². The molecule has 1 aliphatic rings. The lowest BCUT2D eigenvalue weighted by Gasteiger charge is -2.28. The van der Waals surface area contributed by atoms with E-state index in [1.54, 1.807) is 19.2 Å². The molecule has 0 aliphatic heterocycles. The number of primary amides is 1. The number of nitrogens with one attached hydrogen (secondary N) is 2. The minimum Gasteiger partial charge on any atom is -0.454 e. The van der Waals surface area contributed by atoms with E-state index >= 15 is 0 Å². The highest BCUT2D eigenvalue weighted by molar-refractivity contribution is 5.89. The molecular weight excluding hydrogens is 268 g/mol. The summed E-state index contributed by atoms with van der Waals surface area (Å²) in [6.45, 7) is 2.76. The molecule has 116 valence electrons. The Hall–Kier alpha value is -1.98. The Labute approximate surface area is 125 Å². The van der Waals surface area contributed by atoms with Crippen LogP contribution in [0.15, 0.2) is 21.5 Å². The fraction of sp³-hybridized carbons (Fsp3) is 0.600. The first-order valence-electron chi connectivity index (χ1n) is 7.44. The molecular formula is C15H24N4O2. The van der Waals surface area contributed by atoms with Gasteiger partial charge in [-0.15, -0.1) is 0 Å². The van der Waals surface area contributed by atoms with Crippen LogP contribution in [0.2, 0.25) is 0 Å². The van der Waals surface area contributed by atoms with Crippen molar-refractivity contribution in [3.05, 3.63) is 23.7 Å². The van der Waals surface area contributed by atoms with Gasteiger partial charge in [-0.3, -0.25) is 9.79 Å². The van der Waals surface area contributed by atoms with Gasteiger partial charge in [0.25, 0.3) is 5.91 Å². The second kappa shape index (κ2) is 7.15. The summed E-state index contributed by atoms with van der Waals surface area (Å²) in [6.07, 6.45) is 4.92. The average molecular weight is 292 g/mol. The topological polar surface area (TPSA) is 92.6 Å². The molecule has 1 aromatic rings. The zero-order valence-corrected chi connectivity index (χ0v) is 12.7. The minimum absolute atomic E-state index is 0.177. The van der Waals surface area contributed by atoms with E-state index in [4.69, 9.17) is 10.2 Å². The highest BCUT2D eigenvalue weighted by atomic mass is 16.3. The van der Waals surface area contributed by atoms with Gasteiger partial charge in [-0.05, 0) is 30.9 Å². The van der Waals surface area contributed by atoms with Crippen molar-refractivity contribution >= 4 is 11.9 Å². The first-order valence-corrected chi connectivity index (χ1v) is 7.44. The molecule has 4 N–H and O–H groups in total. The number of furan rings is 1. The summed E-state index contributed by atoms with van der Waals surface area (Å²) >= 11 is 0. The molecule has 1 heterocycles. The van der Waals surface area contributed by atoms with Crippen LogP contribution in [0.4, 0.5) is 0 Å². The second-order valence-corrected chi connectivity index (χ2v) is 5.67. The Morgan fingerprint density at radius 3 is 2.90 bits per heavy atom. The molecule has 0 aromatic carbocycles. The van der Waals surface area contributed by atoms with Gasteiger partial charge in [-0.2, -0.15) is 0 Å². The molecule has 1 fully saturated rings. The van der Waals surface area contributed by atoms with Gasteiger partial charge < -0.3 is 20.8 Å². The van der Waals surface area contributed by atoms with Gasteiger partial charge in [0.1, 0.15) is 5.76 Å². The van der Waals surface area contributed by atoms with Crippen LogP contribution in [-0.4, -0.2) is 25.0 Å². The number of carbonyl (C=O) groups excluding carboxylic acids is 1. The SMILES string of the molecule is CN=C(NCc1ccc(C(N)=O)o1)NC1CCCC(C)C1. The Kier molecular flexibility index (Phi) is 5.25. The van der Waals surface area contributed by atoms with E-state index in [0.717, 1.165) is 11.9 Å². The highest BCUT2D eigenvalue weighted by Crippen LogP contribution is 2.23. The summed E-state index contributed by atoms with van der Waals surface area (Å²) in [7, 11) is 1.75. The number of carbonyl (C=O) groups is 1. The minimum atomic E-state index is -0.556. The van der Waals surface area contributed by atoms with E-state index in [2.05, 4.69) is 22.5 Å². The molecule has 1 aliphatic carbocycles. The van der Waals surface area contributed by atoms with Crippen molar-refractivity contribution < 1.29 is 9.21 Å². The van der Waals surface area contributed by atoms with Crippen LogP contribution in [0.1, 0.15) is 48.9 Å². The fourth-order valence-electron chi connectivity index (χ4n) is 2.73. The van der Waals surface area contributed by atoms with Crippen LogP contribution < -0.4 is 16.4 Å². The summed E-state index contributed by atoms with van der Waals surface area (Å²) in [5, 5.41) is 6.63. The van der Waals surface area contributed by atoms with Crippen LogP contribution in [0.3, 0.4) is 0 Å². The molecule has 0 spiro atoms. The zero-order chi connectivity index (χ0) is 15.2. The van der Waals surface area contributed by atoms with Crippen LogP contribution in [0, 0.1) is 5.92 Å². The summed E-state index contributed by atoms with van der Waals surface area (Å²) < 4.78 is 5.33. The molecule has 0 saturated heterocycles. The first kappa shape index (κ1) is 15.4. The maximum Gasteiger partial charge on any atom is 0.284 e. The van der Waals surface area contributed by atoms with Crippen molar-refractivity contribution in [2.45, 2.75) is 45.2 Å². The Bertz CT molecular complexity index is 510. The maximum atomic E-state index is 11.0. The molecule has 21 heavy (non-hydrogen) atoms. The number of guanidine groups is 1. The third-order valence-electron chi connectivity index (χ3n) is 3.84. The van der Waals surface area contributed by atoms with Crippen LogP contribution in [0.5, 0.6) is 0 Å². The monoisotopic (exact) mass is 292 g/mol. The second-order valence-electron chi connectivity index (χ2n) is 5.67. The van der Waals surface area contributed by atoms with Crippen LogP contribution >= 0.6 is 0 Å². The van der Waals surface area contributed by atoms with Crippen molar-refractivity contribution in [2.24, 2.45) is 16.6 Å². The molecule has 1 aromatic heterocycles. The van der Waals surface area contributed by atoms with E-state index in [1.165, 1.54) is 25.7 Å². The van der Waals surface area contributed by atoms with E-state index in [9.17, 15) is 4.79 Å². The number of amides is 1. The third-order valence-corrected chi connectivity index (χ3v) is 3.84. The Balaban J connectivity index is 1.83. The summed E-state index contributed by atoms with van der Waals surface area (Å²) in [5.74, 6) is 1.79. The van der Waals surface area contributed by atoms with Gasteiger partial charge in [-0.25, -0.2) is 0 Å². The normalized spacial score (nSPS) is 22.9. The lowest BCUT2D eigenvalue weighted by atomic mass is 9.87. The lowest BCUT2D eigenvalue weighted by molar-refractivity contribution is 0.0972. The molecule has 6 heteroatoms. The number of aliphatic imine (C=N–C) groups is 1. The molecule has 1 saturated carbocycles. The van der Waals surface area contributed by atoms with E-state index in [0.29, 0.717) is 18.3 Å². The van der Waals surface area contributed by atoms with E-state index in [-0.39, 0.29) is 5.76 Å². The van der Waals surface area contributed by atoms with Crippen LogP contribution in [-0.2, 0) is 6.54 Å². The molecule has 0 radical (unpaired) electrons. The third kappa shape index (κ3) is 4.51. The summed E-state index contributed by atoms with van der Waals surface area (Å²) in [5.41, 5.74) is 5.16. The lowest BCUT2D eigenvalue weighted by Crippen LogP contribution is -2.44. The summed E-state index contributed by atoms with van der Waals surface area (Å²) in [4.78, 5) is 15.2. The fourth-order valence-corrected chi connectivity index (χ4v) is 2.73. The van der Waals surface area contributed by atoms with Crippen LogP contribution in [0.25, 0.3) is 0 Å². The molecule has 2 atom stereocenters. The van der Waals surface area contributed by atoms with Gasteiger partial charge in [-0.1, -0.05) is 19.8 Å². The molecule has 6 nitrogen and oxygen atoms in total. The zero-order valence-electron chi connectivity index (χ0n) is 12.7. The van der Waals surface area contributed by atoms with Gasteiger partial charge >= 0.3 is 0 Å². The first-order chi connectivity index (χ1) is 10.1. The van der Waals surface area contributed by atoms with Gasteiger partial charge in [0, 0.05) is 13.1 Å². The smallest absolute Gasteiger partial charge is 0.284 e.